The maximum absolute atomic E-state index is 12.3. The van der Waals surface area contributed by atoms with E-state index in [-0.39, 0.29) is 10.8 Å². The number of hydrogen-bond donors (Lipinski definition) is 2. The van der Waals surface area contributed by atoms with Crippen LogP contribution in [-0.4, -0.2) is 37.6 Å². The van der Waals surface area contributed by atoms with Gasteiger partial charge in [0.1, 0.15) is 5.65 Å². The van der Waals surface area contributed by atoms with Gasteiger partial charge in [-0.3, -0.25) is 4.40 Å². The molecular weight excluding hydrogens is 292 g/mol. The molecule has 0 spiro atoms. The van der Waals surface area contributed by atoms with E-state index >= 15 is 0 Å². The van der Waals surface area contributed by atoms with Crippen molar-refractivity contribution in [3.05, 3.63) is 24.4 Å². The summed E-state index contributed by atoms with van der Waals surface area (Å²) in [5.74, 6) is -0.00377. The Balaban J connectivity index is 2.06. The van der Waals surface area contributed by atoms with E-state index in [9.17, 15) is 8.42 Å². The van der Waals surface area contributed by atoms with Gasteiger partial charge in [0.15, 0.2) is 10.8 Å². The van der Waals surface area contributed by atoms with Gasteiger partial charge in [0.05, 0.1) is 0 Å². The molecule has 0 radical (unpaired) electrons. The van der Waals surface area contributed by atoms with Gasteiger partial charge in [-0.05, 0) is 25.0 Å². The van der Waals surface area contributed by atoms with Gasteiger partial charge in [-0.2, -0.15) is 0 Å². The van der Waals surface area contributed by atoms with Gasteiger partial charge < -0.3 is 10.5 Å². The molecule has 0 aliphatic heterocycles. The molecule has 0 amide bonds. The number of aromatic nitrogens is 2. The summed E-state index contributed by atoms with van der Waals surface area (Å²) in [4.78, 5) is 4.05. The smallest absolute Gasteiger partial charge is 0.260 e. The molecule has 2 aromatic rings. The number of nitrogens with two attached hydrogens (primary N) is 1. The highest BCUT2D eigenvalue weighted by Crippen LogP contribution is 2.19. The lowest BCUT2D eigenvalue weighted by Gasteiger charge is -2.07. The molecule has 8 heteroatoms. The summed E-state index contributed by atoms with van der Waals surface area (Å²) in [5.41, 5.74) is 6.24. The molecule has 0 atom stereocenters. The molecule has 2 rings (SSSR count). The van der Waals surface area contributed by atoms with Crippen molar-refractivity contribution in [2.45, 2.75) is 24.8 Å². The van der Waals surface area contributed by atoms with Crippen molar-refractivity contribution in [2.75, 3.05) is 25.5 Å². The number of hydrogen-bond acceptors (Lipinski definition) is 5. The highest BCUT2D eigenvalue weighted by atomic mass is 32.2. The number of ether oxygens (including phenoxy) is 1. The van der Waals surface area contributed by atoms with Crippen molar-refractivity contribution in [1.82, 2.24) is 14.1 Å². The van der Waals surface area contributed by atoms with Gasteiger partial charge >= 0.3 is 0 Å². The lowest BCUT2D eigenvalue weighted by Crippen LogP contribution is -2.27. The topological polar surface area (TPSA) is 98.7 Å². The molecule has 0 aliphatic carbocycles. The predicted octanol–water partition coefficient (Wildman–Crippen LogP) is 1.01. The van der Waals surface area contributed by atoms with E-state index in [0.717, 1.165) is 6.42 Å². The number of nitrogens with one attached hydrogen (secondary N) is 1. The molecular formula is C13H20N4O3S. The maximum atomic E-state index is 12.3. The third kappa shape index (κ3) is 3.72. The molecule has 0 fully saturated rings. The van der Waals surface area contributed by atoms with Crippen LogP contribution in [0.25, 0.3) is 5.65 Å². The fourth-order valence-electron chi connectivity index (χ4n) is 1.95. The third-order valence-corrected chi connectivity index (χ3v) is 4.37. The first-order valence-corrected chi connectivity index (χ1v) is 8.34. The van der Waals surface area contributed by atoms with Crippen molar-refractivity contribution in [3.63, 3.8) is 0 Å². The van der Waals surface area contributed by atoms with Gasteiger partial charge in [-0.25, -0.2) is 18.1 Å². The molecule has 2 heterocycles. The number of sulfonamides is 1. The van der Waals surface area contributed by atoms with Crippen LogP contribution in [0, 0.1) is 0 Å². The van der Waals surface area contributed by atoms with Gasteiger partial charge in [0.2, 0.25) is 0 Å². The highest BCUT2D eigenvalue weighted by molar-refractivity contribution is 7.89. The Morgan fingerprint density at radius 3 is 2.95 bits per heavy atom. The Labute approximate surface area is 124 Å². The monoisotopic (exact) mass is 312 g/mol. The average molecular weight is 312 g/mol. The van der Waals surface area contributed by atoms with Gasteiger partial charge in [-0.15, -0.1) is 0 Å². The van der Waals surface area contributed by atoms with E-state index < -0.39 is 10.0 Å². The molecule has 0 aromatic carbocycles. The first-order valence-electron chi connectivity index (χ1n) is 6.86. The third-order valence-electron chi connectivity index (χ3n) is 2.87. The summed E-state index contributed by atoms with van der Waals surface area (Å²) < 4.78 is 33.9. The summed E-state index contributed by atoms with van der Waals surface area (Å²) in [5, 5.41) is -0.0208. The SMILES string of the molecule is CCCOCCCNS(=O)(=O)c1c(N)nc2ccccn12. The van der Waals surface area contributed by atoms with Crippen LogP contribution >= 0.6 is 0 Å². The average Bonchev–Trinajstić information content (AvgIpc) is 2.79. The summed E-state index contributed by atoms with van der Waals surface area (Å²) >= 11 is 0. The van der Waals surface area contributed by atoms with E-state index in [1.165, 1.54) is 4.40 Å². The fourth-order valence-corrected chi connectivity index (χ4v) is 3.24. The van der Waals surface area contributed by atoms with Crippen LogP contribution in [0.5, 0.6) is 0 Å². The second-order valence-corrected chi connectivity index (χ2v) is 6.28. The van der Waals surface area contributed by atoms with Crippen LogP contribution in [0.15, 0.2) is 29.4 Å². The van der Waals surface area contributed by atoms with E-state index in [0.29, 0.717) is 31.8 Å². The van der Waals surface area contributed by atoms with Gasteiger partial charge in [0.25, 0.3) is 10.0 Å². The standard InChI is InChI=1S/C13H20N4O3S/c1-2-9-20-10-5-7-15-21(18,19)13-12(14)16-11-6-3-4-8-17(11)13/h3-4,6,8,15H,2,5,7,9-10,14H2,1H3. The minimum Gasteiger partial charge on any atom is -0.381 e. The lowest BCUT2D eigenvalue weighted by molar-refractivity contribution is 0.133. The normalized spacial score (nSPS) is 12.0. The number of pyridine rings is 1. The number of rotatable bonds is 8. The van der Waals surface area contributed by atoms with Crippen LogP contribution in [-0.2, 0) is 14.8 Å². The summed E-state index contributed by atoms with van der Waals surface area (Å²) in [6.45, 7) is 3.54. The largest absolute Gasteiger partial charge is 0.381 e. The molecule has 2 aromatic heterocycles. The summed E-state index contributed by atoms with van der Waals surface area (Å²) in [7, 11) is -3.70. The second kappa shape index (κ2) is 6.88. The van der Waals surface area contributed by atoms with Gasteiger partial charge in [-0.1, -0.05) is 13.0 Å². The molecule has 3 N–H and O–H groups in total. The van der Waals surface area contributed by atoms with Crippen molar-refractivity contribution in [2.24, 2.45) is 0 Å². The minimum atomic E-state index is -3.70. The van der Waals surface area contributed by atoms with Crippen molar-refractivity contribution in [1.29, 1.82) is 0 Å². The van der Waals surface area contributed by atoms with E-state index in [1.54, 1.807) is 24.4 Å². The summed E-state index contributed by atoms with van der Waals surface area (Å²) in [6.07, 6.45) is 3.18. The Morgan fingerprint density at radius 1 is 1.38 bits per heavy atom. The van der Waals surface area contributed by atoms with E-state index in [4.69, 9.17) is 10.5 Å². The van der Waals surface area contributed by atoms with Crippen LogP contribution in [0.4, 0.5) is 5.82 Å². The number of fused-ring (bicyclic) bond motifs is 1. The summed E-state index contributed by atoms with van der Waals surface area (Å²) in [6, 6.07) is 5.20. The van der Waals surface area contributed by atoms with Gasteiger partial charge in [0, 0.05) is 26.0 Å². The van der Waals surface area contributed by atoms with Crippen molar-refractivity contribution < 1.29 is 13.2 Å². The Bertz CT molecular complexity index is 697. The molecule has 0 bridgehead atoms. The molecule has 7 nitrogen and oxygen atoms in total. The second-order valence-electron chi connectivity index (χ2n) is 4.59. The number of imidazole rings is 1. The first-order chi connectivity index (χ1) is 10.1. The highest BCUT2D eigenvalue weighted by Gasteiger charge is 2.23. The fraction of sp³-hybridized carbons (Fsp3) is 0.462. The minimum absolute atomic E-state index is 0.00377. The quantitative estimate of drug-likeness (QED) is 0.709. The molecule has 0 saturated heterocycles. The Morgan fingerprint density at radius 2 is 2.19 bits per heavy atom. The molecule has 0 aliphatic rings. The first kappa shape index (κ1) is 15.7. The van der Waals surface area contributed by atoms with Crippen LogP contribution in [0.1, 0.15) is 19.8 Å². The van der Waals surface area contributed by atoms with Crippen LogP contribution in [0.2, 0.25) is 0 Å². The number of nitrogen functional groups attached to an aromatic ring is 1. The Kier molecular flexibility index (Phi) is 5.16. The predicted molar refractivity (Wildman–Crippen MR) is 80.5 cm³/mol. The van der Waals surface area contributed by atoms with E-state index in [1.807, 2.05) is 6.92 Å². The van der Waals surface area contributed by atoms with Crippen LogP contribution < -0.4 is 10.5 Å². The van der Waals surface area contributed by atoms with E-state index in [2.05, 4.69) is 9.71 Å². The van der Waals surface area contributed by atoms with Crippen LogP contribution in [0.3, 0.4) is 0 Å². The number of anilines is 1. The zero-order valence-electron chi connectivity index (χ0n) is 11.9. The number of nitrogens with zero attached hydrogens (tertiary/aromatic N) is 2. The molecule has 0 unspecified atom stereocenters. The lowest BCUT2D eigenvalue weighted by atomic mass is 10.4. The molecule has 0 saturated carbocycles. The molecule has 116 valence electrons. The van der Waals surface area contributed by atoms with Crippen molar-refractivity contribution >= 4 is 21.5 Å². The van der Waals surface area contributed by atoms with Crippen molar-refractivity contribution in [3.8, 4) is 0 Å². The zero-order chi connectivity index (χ0) is 15.3. The maximum Gasteiger partial charge on any atom is 0.260 e. The zero-order valence-corrected chi connectivity index (χ0v) is 12.8. The molecule has 21 heavy (non-hydrogen) atoms. The Hall–Kier alpha value is -1.64.